The number of carbonyl (C=O) groups is 2. The maximum absolute atomic E-state index is 14.6. The molecule has 1 atom stereocenters. The lowest BCUT2D eigenvalue weighted by Gasteiger charge is -2.40. The van der Waals surface area contributed by atoms with Gasteiger partial charge in [0.25, 0.3) is 0 Å². The summed E-state index contributed by atoms with van der Waals surface area (Å²) in [6.45, 7) is -3.28. The molecule has 0 radical (unpaired) electrons. The predicted octanol–water partition coefficient (Wildman–Crippen LogP) is 7.22. The molecule has 1 N–H and O–H groups in total. The monoisotopic (exact) mass is 697 g/mol. The van der Waals surface area contributed by atoms with E-state index in [0.29, 0.717) is 18.4 Å². The number of carboxylic acids is 1. The van der Waals surface area contributed by atoms with Crippen LogP contribution in [-0.2, 0) is 20.7 Å². The molecule has 1 unspecified atom stereocenters. The van der Waals surface area contributed by atoms with E-state index >= 15 is 0 Å². The fraction of sp³-hybridized carbons (Fsp3) is 0.692. The highest BCUT2D eigenvalue weighted by atomic mass is 19.4. The molecule has 46 heavy (non-hydrogen) atoms. The van der Waals surface area contributed by atoms with Crippen molar-refractivity contribution in [2.24, 2.45) is 0 Å². The van der Waals surface area contributed by atoms with Crippen molar-refractivity contribution in [3.63, 3.8) is 0 Å². The fourth-order valence-corrected chi connectivity index (χ4v) is 4.23. The summed E-state index contributed by atoms with van der Waals surface area (Å²) in [7, 11) is 0. The minimum absolute atomic E-state index is 0.0752. The van der Waals surface area contributed by atoms with Gasteiger partial charge in [-0.15, -0.1) is 0 Å². The highest BCUT2D eigenvalue weighted by Gasteiger charge is 2.90. The number of hydrogen-bond donors (Lipinski definition) is 1. The third-order valence-corrected chi connectivity index (χ3v) is 6.83. The quantitative estimate of drug-likeness (QED) is 0.184. The second-order valence-corrected chi connectivity index (χ2v) is 10.2. The maximum atomic E-state index is 14.6. The molecule has 1 aliphatic carbocycles. The van der Waals surface area contributed by atoms with Crippen LogP contribution in [0.25, 0.3) is 0 Å². The molecule has 1 aromatic carbocycles. The molecule has 0 spiro atoms. The number of carbonyl (C=O) groups excluding carboxylic acids is 1. The highest BCUT2D eigenvalue weighted by Crippen LogP contribution is 2.60. The van der Waals surface area contributed by atoms with Gasteiger partial charge >= 0.3 is 47.9 Å². The Morgan fingerprint density at radius 3 is 1.85 bits per heavy atom. The summed E-state index contributed by atoms with van der Waals surface area (Å²) in [5.74, 6) is -39.4. The Hall–Kier alpha value is -3.19. The fourth-order valence-electron chi connectivity index (χ4n) is 4.23. The van der Waals surface area contributed by atoms with Crippen LogP contribution in [0.4, 0.5) is 61.9 Å². The molecule has 0 aliphatic heterocycles. The van der Waals surface area contributed by atoms with Crippen LogP contribution in [-0.4, -0.2) is 96.4 Å². The molecule has 20 heteroatoms. The Morgan fingerprint density at radius 2 is 1.37 bits per heavy atom. The van der Waals surface area contributed by atoms with Crippen molar-refractivity contribution < 1.29 is 86.0 Å². The van der Waals surface area contributed by atoms with Gasteiger partial charge in [-0.25, -0.2) is 9.59 Å². The van der Waals surface area contributed by atoms with E-state index in [-0.39, 0.29) is 36.5 Å². The van der Waals surface area contributed by atoms with Crippen LogP contribution in [0.1, 0.15) is 38.2 Å². The summed E-state index contributed by atoms with van der Waals surface area (Å²) >= 11 is 0. The molecule has 1 amide bonds. The van der Waals surface area contributed by atoms with Crippen LogP contribution in [0.2, 0.25) is 0 Å². The summed E-state index contributed by atoms with van der Waals surface area (Å²) in [5, 5.41) is 9.16. The van der Waals surface area contributed by atoms with Gasteiger partial charge in [0.2, 0.25) is 0 Å². The Bertz CT molecular complexity index is 1170. The first-order valence-corrected chi connectivity index (χ1v) is 13.4. The second-order valence-electron chi connectivity index (χ2n) is 10.2. The van der Waals surface area contributed by atoms with E-state index < -0.39 is 79.8 Å². The van der Waals surface area contributed by atoms with Crippen LogP contribution in [0.15, 0.2) is 24.3 Å². The molecule has 0 saturated heterocycles. The van der Waals surface area contributed by atoms with Crippen molar-refractivity contribution in [3.8, 4) is 5.75 Å². The normalized spacial score (nSPS) is 16.3. The van der Waals surface area contributed by atoms with Crippen LogP contribution >= 0.6 is 0 Å². The number of benzene rings is 1. The number of halogens is 13. The average Bonchev–Trinajstić information content (AvgIpc) is 3.45. The van der Waals surface area contributed by atoms with Crippen LogP contribution in [0.3, 0.4) is 0 Å². The smallest absolute Gasteiger partial charge is 0.460 e. The molecular formula is C26H28F13NO6. The Balaban J connectivity index is 2.26. The van der Waals surface area contributed by atoms with Crippen molar-refractivity contribution in [2.45, 2.75) is 87.0 Å². The van der Waals surface area contributed by atoms with Crippen molar-refractivity contribution in [2.75, 3.05) is 26.3 Å². The standard InChI is InChI=1S/C26H28F13NO6/c1-2-44-18(19(41)42)13-15-7-9-16(10-8-15)45-12-11-40(20(43)46-17-5-3-4-6-17)14-21(27,28)22(29,30)23(31,32)24(33,34)25(35,36)26(37,38)39/h7-10,17-18H,2-6,11-14H2,1H3,(H,41,42). The lowest BCUT2D eigenvalue weighted by atomic mass is 9.93. The Morgan fingerprint density at radius 1 is 0.848 bits per heavy atom. The largest absolute Gasteiger partial charge is 0.492 e. The molecule has 2 rings (SSSR count). The summed E-state index contributed by atoms with van der Waals surface area (Å²) < 4.78 is 192. The van der Waals surface area contributed by atoms with Gasteiger partial charge in [0.15, 0.2) is 6.10 Å². The van der Waals surface area contributed by atoms with Gasteiger partial charge < -0.3 is 19.3 Å². The molecule has 1 saturated carbocycles. The predicted molar refractivity (Wildman–Crippen MR) is 130 cm³/mol. The lowest BCUT2D eigenvalue weighted by Crippen LogP contribution is -2.71. The Labute approximate surface area is 252 Å². The maximum Gasteiger partial charge on any atom is 0.460 e. The number of hydrogen-bond acceptors (Lipinski definition) is 5. The minimum atomic E-state index is -8.07. The molecule has 1 fully saturated rings. The number of aliphatic carboxylic acids is 1. The minimum Gasteiger partial charge on any atom is -0.492 e. The van der Waals surface area contributed by atoms with Gasteiger partial charge in [0.1, 0.15) is 18.5 Å². The first kappa shape index (κ1) is 39.0. The molecule has 0 bridgehead atoms. The summed E-state index contributed by atoms with van der Waals surface area (Å²) in [6, 6.07) is 5.16. The molecular weight excluding hydrogens is 669 g/mol. The van der Waals surface area contributed by atoms with Crippen molar-refractivity contribution >= 4 is 12.1 Å². The van der Waals surface area contributed by atoms with E-state index in [2.05, 4.69) is 0 Å². The van der Waals surface area contributed by atoms with E-state index in [4.69, 9.17) is 19.3 Å². The van der Waals surface area contributed by atoms with Gasteiger partial charge in [-0.3, -0.25) is 4.90 Å². The van der Waals surface area contributed by atoms with E-state index in [1.54, 1.807) is 6.92 Å². The van der Waals surface area contributed by atoms with Crippen molar-refractivity contribution in [3.05, 3.63) is 29.8 Å². The van der Waals surface area contributed by atoms with Crippen molar-refractivity contribution in [1.29, 1.82) is 0 Å². The zero-order chi connectivity index (χ0) is 35.4. The van der Waals surface area contributed by atoms with Gasteiger partial charge in [-0.1, -0.05) is 12.1 Å². The molecule has 0 heterocycles. The first-order chi connectivity index (χ1) is 20.9. The zero-order valence-corrected chi connectivity index (χ0v) is 23.7. The van der Waals surface area contributed by atoms with Gasteiger partial charge in [-0.05, 0) is 50.3 Å². The number of amides is 1. The number of ether oxygens (including phenoxy) is 3. The number of nitrogens with zero attached hydrogens (tertiary/aromatic N) is 1. The van der Waals surface area contributed by atoms with Crippen LogP contribution in [0, 0.1) is 0 Å². The topological polar surface area (TPSA) is 85.3 Å². The number of alkyl halides is 13. The third-order valence-electron chi connectivity index (χ3n) is 6.83. The zero-order valence-electron chi connectivity index (χ0n) is 23.7. The molecule has 1 aromatic rings. The average molecular weight is 697 g/mol. The van der Waals surface area contributed by atoms with Crippen LogP contribution < -0.4 is 4.74 Å². The summed E-state index contributed by atoms with van der Waals surface area (Å²) in [4.78, 5) is 23.4. The third kappa shape index (κ3) is 8.20. The Kier molecular flexibility index (Phi) is 12.1. The van der Waals surface area contributed by atoms with E-state index in [1.165, 1.54) is 24.3 Å². The van der Waals surface area contributed by atoms with E-state index in [1.807, 2.05) is 0 Å². The van der Waals surface area contributed by atoms with E-state index in [0.717, 1.165) is 0 Å². The molecule has 1 aliphatic rings. The lowest BCUT2D eigenvalue weighted by molar-refractivity contribution is -0.440. The van der Waals surface area contributed by atoms with Gasteiger partial charge in [0, 0.05) is 13.0 Å². The molecule has 0 aromatic heterocycles. The van der Waals surface area contributed by atoms with E-state index in [9.17, 15) is 66.7 Å². The SMILES string of the molecule is CCOC(Cc1ccc(OCCN(CC(F)(F)C(F)(F)C(F)(F)C(F)(F)C(F)(F)C(F)(F)F)C(=O)OC2CCCC2)cc1)C(=O)O. The molecule has 7 nitrogen and oxygen atoms in total. The summed E-state index contributed by atoms with van der Waals surface area (Å²) in [6.07, 6.45) is -10.3. The van der Waals surface area contributed by atoms with Gasteiger partial charge in [0.05, 0.1) is 13.1 Å². The second kappa shape index (κ2) is 14.3. The number of rotatable bonds is 16. The van der Waals surface area contributed by atoms with Gasteiger partial charge in [-0.2, -0.15) is 57.1 Å². The van der Waals surface area contributed by atoms with Crippen LogP contribution in [0.5, 0.6) is 5.75 Å². The number of carboxylic acid groups (broad SMARTS) is 1. The summed E-state index contributed by atoms with van der Waals surface area (Å²) in [5.41, 5.74) is 0.422. The van der Waals surface area contributed by atoms with Crippen molar-refractivity contribution in [1.82, 2.24) is 4.90 Å². The molecule has 264 valence electrons. The highest BCUT2D eigenvalue weighted by molar-refractivity contribution is 5.72. The first-order valence-electron chi connectivity index (χ1n) is 13.4.